The average molecular weight is 224 g/mol. The Labute approximate surface area is 95.8 Å². The van der Waals surface area contributed by atoms with Crippen molar-refractivity contribution < 1.29 is 4.79 Å². The maximum absolute atomic E-state index is 11.6. The lowest BCUT2D eigenvalue weighted by Crippen LogP contribution is -2.38. The van der Waals surface area contributed by atoms with E-state index in [4.69, 9.17) is 5.73 Å². The van der Waals surface area contributed by atoms with Crippen LogP contribution in [0.5, 0.6) is 0 Å². The molecule has 0 saturated heterocycles. The van der Waals surface area contributed by atoms with E-state index in [1.54, 1.807) is 6.07 Å². The van der Waals surface area contributed by atoms with Gasteiger partial charge in [-0.3, -0.25) is 9.89 Å². The summed E-state index contributed by atoms with van der Waals surface area (Å²) in [6.07, 6.45) is 0.301. The van der Waals surface area contributed by atoms with Crippen molar-refractivity contribution in [2.24, 2.45) is 11.1 Å². The minimum absolute atomic E-state index is 0.0706. The number of hydrogen-bond donors (Lipinski definition) is 3. The van der Waals surface area contributed by atoms with Gasteiger partial charge in [-0.2, -0.15) is 5.10 Å². The SMILES string of the molecule is Cc1cc(NC(=O)CC(N)C(C)(C)C)n[nH]1. The molecule has 0 aliphatic heterocycles. The van der Waals surface area contributed by atoms with Crippen LogP contribution in [0.15, 0.2) is 6.07 Å². The predicted molar refractivity (Wildman–Crippen MR) is 64.0 cm³/mol. The lowest BCUT2D eigenvalue weighted by atomic mass is 9.85. The Bertz CT molecular complexity index is 364. The summed E-state index contributed by atoms with van der Waals surface area (Å²) in [5.41, 5.74) is 6.76. The smallest absolute Gasteiger partial charge is 0.227 e. The molecule has 1 aromatic rings. The molecular formula is C11H20N4O. The van der Waals surface area contributed by atoms with E-state index in [1.165, 1.54) is 0 Å². The second-order valence-electron chi connectivity index (χ2n) is 5.16. The molecule has 4 N–H and O–H groups in total. The van der Waals surface area contributed by atoms with E-state index >= 15 is 0 Å². The summed E-state index contributed by atoms with van der Waals surface area (Å²) in [5.74, 6) is 0.442. The Morgan fingerprint density at radius 1 is 1.62 bits per heavy atom. The number of aromatic nitrogens is 2. The number of H-pyrrole nitrogens is 1. The Balaban J connectivity index is 2.48. The fourth-order valence-corrected chi connectivity index (χ4v) is 1.18. The number of carbonyl (C=O) groups is 1. The van der Waals surface area contributed by atoms with Crippen LogP contribution in [0.3, 0.4) is 0 Å². The van der Waals surface area contributed by atoms with Gasteiger partial charge in [-0.05, 0) is 12.3 Å². The molecule has 1 rings (SSSR count). The van der Waals surface area contributed by atoms with E-state index in [0.29, 0.717) is 12.2 Å². The molecule has 0 bridgehead atoms. The summed E-state index contributed by atoms with van der Waals surface area (Å²) in [4.78, 5) is 11.6. The zero-order valence-electron chi connectivity index (χ0n) is 10.3. The van der Waals surface area contributed by atoms with Gasteiger partial charge in [-0.25, -0.2) is 0 Å². The van der Waals surface area contributed by atoms with E-state index in [9.17, 15) is 4.79 Å². The van der Waals surface area contributed by atoms with Crippen molar-refractivity contribution in [2.45, 2.75) is 40.2 Å². The summed E-state index contributed by atoms with van der Waals surface area (Å²) < 4.78 is 0. The molecule has 90 valence electrons. The number of anilines is 1. The largest absolute Gasteiger partial charge is 0.327 e. The van der Waals surface area contributed by atoms with Crippen LogP contribution >= 0.6 is 0 Å². The van der Waals surface area contributed by atoms with Gasteiger partial charge in [0.1, 0.15) is 0 Å². The van der Waals surface area contributed by atoms with Gasteiger partial charge >= 0.3 is 0 Å². The van der Waals surface area contributed by atoms with Gasteiger partial charge in [0.25, 0.3) is 0 Å². The second-order valence-corrected chi connectivity index (χ2v) is 5.16. The molecule has 5 nitrogen and oxygen atoms in total. The number of aryl methyl sites for hydroxylation is 1. The van der Waals surface area contributed by atoms with E-state index in [1.807, 2.05) is 27.7 Å². The quantitative estimate of drug-likeness (QED) is 0.726. The van der Waals surface area contributed by atoms with Crippen LogP contribution < -0.4 is 11.1 Å². The standard InChI is InChI=1S/C11H20N4O/c1-7-5-9(15-14-7)13-10(16)6-8(12)11(2,3)4/h5,8H,6,12H2,1-4H3,(H2,13,14,15,16). The van der Waals surface area contributed by atoms with Crippen LogP contribution in [0.25, 0.3) is 0 Å². The molecule has 0 aromatic carbocycles. The molecule has 0 radical (unpaired) electrons. The van der Waals surface area contributed by atoms with Crippen molar-refractivity contribution >= 4 is 11.7 Å². The summed E-state index contributed by atoms with van der Waals surface area (Å²) in [6, 6.07) is 1.62. The zero-order chi connectivity index (χ0) is 12.3. The van der Waals surface area contributed by atoms with Crippen molar-refractivity contribution in [2.75, 3.05) is 5.32 Å². The fraction of sp³-hybridized carbons (Fsp3) is 0.636. The highest BCUT2D eigenvalue weighted by Crippen LogP contribution is 2.20. The summed E-state index contributed by atoms with van der Waals surface area (Å²) >= 11 is 0. The number of aromatic amines is 1. The fourth-order valence-electron chi connectivity index (χ4n) is 1.18. The van der Waals surface area contributed by atoms with Crippen LogP contribution in [0.1, 0.15) is 32.9 Å². The van der Waals surface area contributed by atoms with Crippen molar-refractivity contribution in [3.05, 3.63) is 11.8 Å². The molecule has 1 atom stereocenters. The van der Waals surface area contributed by atoms with Crippen molar-refractivity contribution in [3.8, 4) is 0 Å². The van der Waals surface area contributed by atoms with Crippen LogP contribution in [0, 0.1) is 12.3 Å². The van der Waals surface area contributed by atoms with Crippen LogP contribution in [-0.2, 0) is 4.79 Å². The molecule has 1 amide bonds. The first-order chi connectivity index (χ1) is 7.29. The minimum Gasteiger partial charge on any atom is -0.327 e. The molecule has 0 aliphatic rings. The first-order valence-electron chi connectivity index (χ1n) is 5.36. The van der Waals surface area contributed by atoms with Crippen LogP contribution in [0.4, 0.5) is 5.82 Å². The topological polar surface area (TPSA) is 83.8 Å². The van der Waals surface area contributed by atoms with Gasteiger partial charge in [0, 0.05) is 24.2 Å². The Hall–Kier alpha value is -1.36. The number of nitrogens with two attached hydrogens (primary N) is 1. The maximum Gasteiger partial charge on any atom is 0.227 e. The third-order valence-electron chi connectivity index (χ3n) is 2.49. The highest BCUT2D eigenvalue weighted by molar-refractivity contribution is 5.90. The minimum atomic E-state index is -0.160. The lowest BCUT2D eigenvalue weighted by Gasteiger charge is -2.26. The normalized spacial score (nSPS) is 13.6. The van der Waals surface area contributed by atoms with Crippen molar-refractivity contribution in [1.82, 2.24) is 10.2 Å². The van der Waals surface area contributed by atoms with Crippen molar-refractivity contribution in [3.63, 3.8) is 0 Å². The zero-order valence-corrected chi connectivity index (χ0v) is 10.3. The molecule has 16 heavy (non-hydrogen) atoms. The summed E-state index contributed by atoms with van der Waals surface area (Å²) in [6.45, 7) is 7.93. The molecule has 1 aromatic heterocycles. The van der Waals surface area contributed by atoms with E-state index < -0.39 is 0 Å². The van der Waals surface area contributed by atoms with E-state index in [-0.39, 0.29) is 17.4 Å². The number of nitrogens with one attached hydrogen (secondary N) is 2. The summed E-state index contributed by atoms with van der Waals surface area (Å²) in [5, 5.41) is 9.39. The Morgan fingerprint density at radius 2 is 2.25 bits per heavy atom. The first kappa shape index (κ1) is 12.7. The number of rotatable bonds is 3. The molecule has 5 heteroatoms. The number of nitrogens with zero attached hydrogens (tertiary/aromatic N) is 1. The lowest BCUT2D eigenvalue weighted by molar-refractivity contribution is -0.117. The summed E-state index contributed by atoms with van der Waals surface area (Å²) in [7, 11) is 0. The number of hydrogen-bond acceptors (Lipinski definition) is 3. The van der Waals surface area contributed by atoms with Gasteiger partial charge in [0.2, 0.25) is 5.91 Å². The highest BCUT2D eigenvalue weighted by atomic mass is 16.1. The Morgan fingerprint density at radius 3 is 2.69 bits per heavy atom. The molecule has 0 spiro atoms. The molecule has 0 aliphatic carbocycles. The molecule has 1 heterocycles. The second kappa shape index (κ2) is 4.65. The van der Waals surface area contributed by atoms with Crippen molar-refractivity contribution in [1.29, 1.82) is 0 Å². The number of carbonyl (C=O) groups excluding carboxylic acids is 1. The third-order valence-corrected chi connectivity index (χ3v) is 2.49. The van der Waals surface area contributed by atoms with Gasteiger partial charge in [-0.1, -0.05) is 20.8 Å². The van der Waals surface area contributed by atoms with E-state index in [2.05, 4.69) is 15.5 Å². The average Bonchev–Trinajstić information content (AvgIpc) is 2.49. The van der Waals surface area contributed by atoms with Crippen LogP contribution in [-0.4, -0.2) is 22.1 Å². The van der Waals surface area contributed by atoms with Gasteiger partial charge in [-0.15, -0.1) is 0 Å². The van der Waals surface area contributed by atoms with Gasteiger partial charge in [0.05, 0.1) is 0 Å². The van der Waals surface area contributed by atoms with Gasteiger partial charge in [0.15, 0.2) is 5.82 Å². The third kappa shape index (κ3) is 3.66. The van der Waals surface area contributed by atoms with E-state index in [0.717, 1.165) is 5.69 Å². The molecule has 0 saturated carbocycles. The van der Waals surface area contributed by atoms with Gasteiger partial charge < -0.3 is 11.1 Å². The molecular weight excluding hydrogens is 204 g/mol. The highest BCUT2D eigenvalue weighted by Gasteiger charge is 2.23. The number of amides is 1. The first-order valence-corrected chi connectivity index (χ1v) is 5.36. The molecule has 0 fully saturated rings. The monoisotopic (exact) mass is 224 g/mol. The van der Waals surface area contributed by atoms with Crippen LogP contribution in [0.2, 0.25) is 0 Å². The Kier molecular flexibility index (Phi) is 3.70. The molecule has 1 unspecified atom stereocenters. The predicted octanol–water partition coefficient (Wildman–Crippen LogP) is 1.42. The maximum atomic E-state index is 11.6.